The van der Waals surface area contributed by atoms with E-state index >= 15 is 0 Å². The van der Waals surface area contributed by atoms with Crippen molar-refractivity contribution in [3.63, 3.8) is 0 Å². The fourth-order valence-electron chi connectivity index (χ4n) is 1.66. The third kappa shape index (κ3) is 2.96. The van der Waals surface area contributed by atoms with Gasteiger partial charge in [-0.25, -0.2) is 0 Å². The topological polar surface area (TPSA) is 55.6 Å². The molecule has 82 valence electrons. The second-order valence-electron chi connectivity index (χ2n) is 4.00. The molecule has 1 unspecified atom stereocenters. The summed E-state index contributed by atoms with van der Waals surface area (Å²) < 4.78 is 5.43. The number of ether oxygens (including phenoxy) is 1. The van der Waals surface area contributed by atoms with Crippen LogP contribution in [0.3, 0.4) is 0 Å². The second kappa shape index (κ2) is 5.32. The minimum absolute atomic E-state index is 0.101. The maximum Gasteiger partial charge on any atom is 0.248 e. The molecule has 0 spiro atoms. The molecular weight excluding hydrogens is 180 g/mol. The molecule has 0 aromatic heterocycles. The predicted octanol–water partition coefficient (Wildman–Crippen LogP) is 0.361. The smallest absolute Gasteiger partial charge is 0.248 e. The second-order valence-corrected chi connectivity index (χ2v) is 4.00. The highest BCUT2D eigenvalue weighted by Gasteiger charge is 2.27. The lowest BCUT2D eigenvalue weighted by Gasteiger charge is -2.35. The average Bonchev–Trinajstić information content (AvgIpc) is 2.16. The molecule has 1 aliphatic heterocycles. The molecule has 14 heavy (non-hydrogen) atoms. The Balaban J connectivity index is 2.41. The van der Waals surface area contributed by atoms with Crippen LogP contribution in [-0.2, 0) is 9.53 Å². The van der Waals surface area contributed by atoms with Crippen LogP contribution >= 0.6 is 0 Å². The molecule has 0 aromatic rings. The molecule has 2 N–H and O–H groups in total. The van der Waals surface area contributed by atoms with Crippen LogP contribution < -0.4 is 5.73 Å². The Hall–Kier alpha value is -0.610. The van der Waals surface area contributed by atoms with Crippen molar-refractivity contribution in [1.82, 2.24) is 4.90 Å². The summed E-state index contributed by atoms with van der Waals surface area (Å²) in [5, 5.41) is 0. The first-order valence-corrected chi connectivity index (χ1v) is 5.26. The Morgan fingerprint density at radius 2 is 2.36 bits per heavy atom. The number of carbonyl (C=O) groups excluding carboxylic acids is 1. The van der Waals surface area contributed by atoms with Crippen LogP contribution in [-0.4, -0.2) is 42.6 Å². The molecule has 0 bridgehead atoms. The zero-order valence-corrected chi connectivity index (χ0v) is 9.03. The highest BCUT2D eigenvalue weighted by molar-refractivity contribution is 5.78. The van der Waals surface area contributed by atoms with Gasteiger partial charge in [0.1, 0.15) is 6.61 Å². The highest BCUT2D eigenvalue weighted by atomic mass is 16.5. The van der Waals surface area contributed by atoms with E-state index in [4.69, 9.17) is 10.5 Å². The largest absolute Gasteiger partial charge is 0.367 e. The van der Waals surface area contributed by atoms with Crippen molar-refractivity contribution < 1.29 is 9.53 Å². The van der Waals surface area contributed by atoms with E-state index in [0.717, 1.165) is 19.4 Å². The molecule has 0 saturated carbocycles. The van der Waals surface area contributed by atoms with Crippen molar-refractivity contribution in [1.29, 1.82) is 0 Å². The molecule has 1 heterocycles. The van der Waals surface area contributed by atoms with Crippen molar-refractivity contribution >= 4 is 5.91 Å². The Morgan fingerprint density at radius 3 is 2.93 bits per heavy atom. The Bertz CT molecular complexity index is 195. The SMILES string of the molecule is CC(C)N1CC(CCCN)OCC1=O. The molecule has 1 saturated heterocycles. The summed E-state index contributed by atoms with van der Waals surface area (Å²) in [6.45, 7) is 5.70. The van der Waals surface area contributed by atoms with Crippen LogP contribution in [0.1, 0.15) is 26.7 Å². The van der Waals surface area contributed by atoms with E-state index in [2.05, 4.69) is 0 Å². The molecular formula is C10H20N2O2. The summed E-state index contributed by atoms with van der Waals surface area (Å²) in [4.78, 5) is 13.3. The van der Waals surface area contributed by atoms with Crippen LogP contribution in [0.15, 0.2) is 0 Å². The van der Waals surface area contributed by atoms with E-state index in [9.17, 15) is 4.79 Å². The van der Waals surface area contributed by atoms with Crippen LogP contribution in [0.5, 0.6) is 0 Å². The first kappa shape index (κ1) is 11.5. The van der Waals surface area contributed by atoms with E-state index in [1.807, 2.05) is 18.7 Å². The molecule has 0 radical (unpaired) electrons. The van der Waals surface area contributed by atoms with Crippen molar-refractivity contribution in [2.24, 2.45) is 5.73 Å². The van der Waals surface area contributed by atoms with Gasteiger partial charge in [-0.2, -0.15) is 0 Å². The van der Waals surface area contributed by atoms with Gasteiger partial charge in [0.25, 0.3) is 0 Å². The zero-order chi connectivity index (χ0) is 10.6. The van der Waals surface area contributed by atoms with Gasteiger partial charge in [0.15, 0.2) is 0 Å². The number of hydrogen-bond acceptors (Lipinski definition) is 3. The number of carbonyl (C=O) groups is 1. The standard InChI is InChI=1S/C10H20N2O2/c1-8(2)12-6-9(4-3-5-11)14-7-10(12)13/h8-9H,3-7,11H2,1-2H3. The first-order valence-electron chi connectivity index (χ1n) is 5.26. The number of morpholine rings is 1. The molecule has 0 aliphatic carbocycles. The maximum atomic E-state index is 11.4. The van der Waals surface area contributed by atoms with Crippen LogP contribution in [0.2, 0.25) is 0 Å². The van der Waals surface area contributed by atoms with Gasteiger partial charge in [-0.3, -0.25) is 4.79 Å². The van der Waals surface area contributed by atoms with E-state index < -0.39 is 0 Å². The van der Waals surface area contributed by atoms with Crippen molar-refractivity contribution in [3.05, 3.63) is 0 Å². The molecule has 1 aliphatic rings. The normalized spacial score (nSPS) is 23.3. The van der Waals surface area contributed by atoms with Gasteiger partial charge in [-0.1, -0.05) is 0 Å². The number of nitrogens with zero attached hydrogens (tertiary/aromatic N) is 1. The average molecular weight is 200 g/mol. The minimum Gasteiger partial charge on any atom is -0.367 e. The van der Waals surface area contributed by atoms with Gasteiger partial charge in [0.2, 0.25) is 5.91 Å². The summed E-state index contributed by atoms with van der Waals surface area (Å²) in [5.41, 5.74) is 5.43. The lowest BCUT2D eigenvalue weighted by molar-refractivity contribution is -0.151. The summed E-state index contributed by atoms with van der Waals surface area (Å²) in [6.07, 6.45) is 2.09. The Morgan fingerprint density at radius 1 is 1.64 bits per heavy atom. The van der Waals surface area contributed by atoms with Crippen molar-refractivity contribution in [3.8, 4) is 0 Å². The number of nitrogens with two attached hydrogens (primary N) is 1. The third-order valence-electron chi connectivity index (χ3n) is 2.52. The molecule has 1 atom stereocenters. The van der Waals surface area contributed by atoms with Crippen LogP contribution in [0.25, 0.3) is 0 Å². The van der Waals surface area contributed by atoms with Gasteiger partial charge < -0.3 is 15.4 Å². The quantitative estimate of drug-likeness (QED) is 0.713. The molecule has 0 aromatic carbocycles. The summed E-state index contributed by atoms with van der Waals surface area (Å²) in [6, 6.07) is 0.270. The number of rotatable bonds is 4. The van der Waals surface area contributed by atoms with Gasteiger partial charge >= 0.3 is 0 Å². The van der Waals surface area contributed by atoms with Gasteiger partial charge in [0, 0.05) is 12.6 Å². The fourth-order valence-corrected chi connectivity index (χ4v) is 1.66. The molecule has 4 heteroatoms. The number of hydrogen-bond donors (Lipinski definition) is 1. The third-order valence-corrected chi connectivity index (χ3v) is 2.52. The van der Waals surface area contributed by atoms with E-state index in [-0.39, 0.29) is 24.7 Å². The van der Waals surface area contributed by atoms with Crippen LogP contribution in [0.4, 0.5) is 0 Å². The highest BCUT2D eigenvalue weighted by Crippen LogP contribution is 2.13. The number of amides is 1. The fraction of sp³-hybridized carbons (Fsp3) is 0.900. The van der Waals surface area contributed by atoms with Gasteiger partial charge in [-0.15, -0.1) is 0 Å². The van der Waals surface area contributed by atoms with E-state index in [0.29, 0.717) is 6.54 Å². The van der Waals surface area contributed by atoms with E-state index in [1.54, 1.807) is 0 Å². The van der Waals surface area contributed by atoms with Gasteiger partial charge in [-0.05, 0) is 33.2 Å². The van der Waals surface area contributed by atoms with Crippen molar-refractivity contribution in [2.75, 3.05) is 19.7 Å². The lowest BCUT2D eigenvalue weighted by atomic mass is 10.1. The lowest BCUT2D eigenvalue weighted by Crippen LogP contribution is -2.49. The zero-order valence-electron chi connectivity index (χ0n) is 9.03. The molecule has 1 amide bonds. The molecule has 1 rings (SSSR count). The summed E-state index contributed by atoms with van der Waals surface area (Å²) in [5.74, 6) is 0.101. The monoisotopic (exact) mass is 200 g/mol. The molecule has 1 fully saturated rings. The Kier molecular flexibility index (Phi) is 4.35. The van der Waals surface area contributed by atoms with Crippen molar-refractivity contribution in [2.45, 2.75) is 38.8 Å². The summed E-state index contributed by atoms with van der Waals surface area (Å²) in [7, 11) is 0. The summed E-state index contributed by atoms with van der Waals surface area (Å²) >= 11 is 0. The minimum atomic E-state index is 0.101. The molecule has 4 nitrogen and oxygen atoms in total. The first-order chi connectivity index (χ1) is 6.65. The Labute approximate surface area is 85.4 Å². The van der Waals surface area contributed by atoms with E-state index in [1.165, 1.54) is 0 Å². The predicted molar refractivity (Wildman–Crippen MR) is 54.9 cm³/mol. The van der Waals surface area contributed by atoms with Crippen LogP contribution in [0, 0.1) is 0 Å². The van der Waals surface area contributed by atoms with Gasteiger partial charge in [0.05, 0.1) is 6.10 Å². The maximum absolute atomic E-state index is 11.4.